The highest BCUT2D eigenvalue weighted by Crippen LogP contribution is 2.42. The Morgan fingerprint density at radius 1 is 1.12 bits per heavy atom. The van der Waals surface area contributed by atoms with Crippen molar-refractivity contribution in [3.05, 3.63) is 70.7 Å². The molecule has 1 aromatic heterocycles. The van der Waals surface area contributed by atoms with Crippen LogP contribution in [0.2, 0.25) is 0 Å². The van der Waals surface area contributed by atoms with E-state index in [1.165, 1.54) is 29.7 Å². The van der Waals surface area contributed by atoms with Crippen LogP contribution in [0.1, 0.15) is 40.1 Å². The van der Waals surface area contributed by atoms with Crippen LogP contribution >= 0.6 is 11.3 Å². The van der Waals surface area contributed by atoms with E-state index in [4.69, 9.17) is 9.84 Å². The molecule has 1 amide bonds. The molecular formula is C28H31F3N4O4S. The van der Waals surface area contributed by atoms with Crippen molar-refractivity contribution in [1.82, 2.24) is 10.3 Å². The first-order chi connectivity index (χ1) is 19.2. The number of carbonyl (C=O) groups is 1. The van der Waals surface area contributed by atoms with Crippen molar-refractivity contribution in [2.24, 2.45) is 0 Å². The van der Waals surface area contributed by atoms with Gasteiger partial charge in [0.1, 0.15) is 16.2 Å². The summed E-state index contributed by atoms with van der Waals surface area (Å²) in [4.78, 5) is 21.4. The summed E-state index contributed by atoms with van der Waals surface area (Å²) in [6.07, 6.45) is -1.73. The number of para-hydroxylation sites is 2. The number of nitrogens with zero attached hydrogens (tertiary/aromatic N) is 3. The molecule has 0 aliphatic carbocycles. The summed E-state index contributed by atoms with van der Waals surface area (Å²) in [6.45, 7) is 1.85. The Morgan fingerprint density at radius 2 is 1.88 bits per heavy atom. The minimum atomic E-state index is -4.39. The zero-order valence-electron chi connectivity index (χ0n) is 21.7. The average Bonchev–Trinajstić information content (AvgIpc) is 3.39. The van der Waals surface area contributed by atoms with Gasteiger partial charge in [0.05, 0.1) is 30.2 Å². The van der Waals surface area contributed by atoms with Crippen molar-refractivity contribution in [2.75, 3.05) is 42.6 Å². The molecule has 12 heteroatoms. The van der Waals surface area contributed by atoms with Crippen LogP contribution in [0.15, 0.2) is 54.7 Å². The minimum Gasteiger partial charge on any atom is -0.485 e. The molecule has 1 fully saturated rings. The van der Waals surface area contributed by atoms with Crippen molar-refractivity contribution in [2.45, 2.75) is 43.7 Å². The van der Waals surface area contributed by atoms with E-state index in [2.05, 4.69) is 20.1 Å². The molecule has 40 heavy (non-hydrogen) atoms. The van der Waals surface area contributed by atoms with Crippen LogP contribution in [-0.2, 0) is 12.7 Å². The number of amides is 1. The quantitative estimate of drug-likeness (QED) is 0.390. The maximum absolute atomic E-state index is 13.3. The maximum Gasteiger partial charge on any atom is 0.416 e. The molecule has 5 rings (SSSR count). The van der Waals surface area contributed by atoms with Crippen LogP contribution in [0.3, 0.4) is 0 Å². The summed E-state index contributed by atoms with van der Waals surface area (Å²) < 4.78 is 46.5. The molecule has 3 aromatic rings. The van der Waals surface area contributed by atoms with Crippen LogP contribution < -0.4 is 19.9 Å². The lowest BCUT2D eigenvalue weighted by molar-refractivity contribution is -0.137. The fourth-order valence-electron chi connectivity index (χ4n) is 5.11. The first-order valence-electron chi connectivity index (χ1n) is 13.1. The minimum absolute atomic E-state index is 0.0433. The van der Waals surface area contributed by atoms with Gasteiger partial charge in [-0.2, -0.15) is 13.2 Å². The van der Waals surface area contributed by atoms with E-state index in [1.807, 2.05) is 24.3 Å². The van der Waals surface area contributed by atoms with E-state index in [0.29, 0.717) is 43.0 Å². The molecular weight excluding hydrogens is 545 g/mol. The molecule has 0 radical (unpaired) electrons. The molecule has 2 aliphatic heterocycles. The van der Waals surface area contributed by atoms with E-state index < -0.39 is 30.1 Å². The number of aliphatic hydroxyl groups is 2. The molecule has 1 atom stereocenters. The Kier molecular flexibility index (Phi) is 8.20. The number of piperidine rings is 1. The predicted octanol–water partition coefficient (Wildman–Crippen LogP) is 4.07. The van der Waals surface area contributed by atoms with Crippen molar-refractivity contribution < 1.29 is 32.9 Å². The number of fused-ring (bicyclic) bond motifs is 1. The van der Waals surface area contributed by atoms with Gasteiger partial charge in [-0.15, -0.1) is 0 Å². The standard InChI is InChI=1S/C28H31F3N4O4S/c29-28(30,31)20-5-3-4-19(14-20)17-35-13-10-27(39-23-7-2-1-6-22(23)35)8-11-34(12-9-27)26-33-16-24(40-26)25(38)32-15-21(37)18-36/h1-7,14,16,21,36-37H,8-13,15,17-18H2,(H,32,38)/t21-/m0/s1. The number of rotatable bonds is 7. The number of nitrogens with one attached hydrogen (secondary N) is 1. The molecule has 2 aliphatic rings. The molecule has 0 bridgehead atoms. The van der Waals surface area contributed by atoms with E-state index in [9.17, 15) is 23.1 Å². The summed E-state index contributed by atoms with van der Waals surface area (Å²) in [5.74, 6) is 0.369. The van der Waals surface area contributed by atoms with Gasteiger partial charge in [-0.05, 0) is 29.8 Å². The summed E-state index contributed by atoms with van der Waals surface area (Å²) in [7, 11) is 0. The highest BCUT2D eigenvalue weighted by molar-refractivity contribution is 7.17. The number of aliphatic hydroxyl groups excluding tert-OH is 2. The van der Waals surface area contributed by atoms with E-state index in [0.717, 1.165) is 35.5 Å². The summed E-state index contributed by atoms with van der Waals surface area (Å²) in [5, 5.41) is 21.7. The zero-order chi connectivity index (χ0) is 28.3. The third-order valence-corrected chi connectivity index (χ3v) is 8.43. The Labute approximate surface area is 234 Å². The normalized spacial score (nSPS) is 17.6. The topological polar surface area (TPSA) is 98.2 Å². The number of anilines is 2. The van der Waals surface area contributed by atoms with Gasteiger partial charge < -0.3 is 30.1 Å². The van der Waals surface area contributed by atoms with Gasteiger partial charge in [-0.1, -0.05) is 35.6 Å². The second-order valence-corrected chi connectivity index (χ2v) is 11.2. The van der Waals surface area contributed by atoms with Crippen LogP contribution in [0, 0.1) is 0 Å². The Balaban J connectivity index is 1.26. The zero-order valence-corrected chi connectivity index (χ0v) is 22.5. The van der Waals surface area contributed by atoms with Crippen molar-refractivity contribution >= 4 is 28.1 Å². The highest BCUT2D eigenvalue weighted by Gasteiger charge is 2.40. The Bertz CT molecular complexity index is 1330. The van der Waals surface area contributed by atoms with Gasteiger partial charge in [0.25, 0.3) is 5.91 Å². The van der Waals surface area contributed by atoms with Gasteiger partial charge in [0.2, 0.25) is 0 Å². The number of benzene rings is 2. The molecule has 1 saturated heterocycles. The van der Waals surface area contributed by atoms with Crippen LogP contribution in [0.25, 0.3) is 0 Å². The van der Waals surface area contributed by atoms with E-state index in [1.54, 1.807) is 6.07 Å². The number of halogens is 3. The van der Waals surface area contributed by atoms with Crippen LogP contribution in [0.5, 0.6) is 5.75 Å². The van der Waals surface area contributed by atoms with Crippen LogP contribution in [0.4, 0.5) is 24.0 Å². The fourth-order valence-corrected chi connectivity index (χ4v) is 6.00. The molecule has 8 nitrogen and oxygen atoms in total. The second-order valence-electron chi connectivity index (χ2n) is 10.2. The Hall–Kier alpha value is -3.35. The first kappa shape index (κ1) is 28.2. The summed E-state index contributed by atoms with van der Waals surface area (Å²) >= 11 is 1.27. The lowest BCUT2D eigenvalue weighted by Crippen LogP contribution is -2.48. The second kappa shape index (κ2) is 11.6. The van der Waals surface area contributed by atoms with Crippen molar-refractivity contribution in [3.8, 4) is 5.75 Å². The van der Waals surface area contributed by atoms with E-state index >= 15 is 0 Å². The van der Waals surface area contributed by atoms with Crippen molar-refractivity contribution in [1.29, 1.82) is 0 Å². The molecule has 0 saturated carbocycles. The lowest BCUT2D eigenvalue weighted by atomic mass is 9.88. The largest absolute Gasteiger partial charge is 0.485 e. The number of alkyl halides is 3. The summed E-state index contributed by atoms with van der Waals surface area (Å²) in [6, 6.07) is 13.1. The number of hydrogen-bond acceptors (Lipinski definition) is 8. The monoisotopic (exact) mass is 576 g/mol. The predicted molar refractivity (Wildman–Crippen MR) is 146 cm³/mol. The molecule has 3 heterocycles. The molecule has 3 N–H and O–H groups in total. The van der Waals surface area contributed by atoms with Crippen molar-refractivity contribution in [3.63, 3.8) is 0 Å². The molecule has 1 spiro atoms. The number of ether oxygens (including phenoxy) is 1. The van der Waals surface area contributed by atoms with Gasteiger partial charge in [-0.25, -0.2) is 4.98 Å². The molecule has 2 aromatic carbocycles. The van der Waals surface area contributed by atoms with E-state index in [-0.39, 0.29) is 12.5 Å². The first-order valence-corrected chi connectivity index (χ1v) is 13.9. The lowest BCUT2D eigenvalue weighted by Gasteiger charge is -2.41. The van der Waals surface area contributed by atoms with Gasteiger partial charge >= 0.3 is 6.18 Å². The molecule has 214 valence electrons. The third-order valence-electron chi connectivity index (χ3n) is 7.37. The van der Waals surface area contributed by atoms with Gasteiger partial charge in [-0.3, -0.25) is 4.79 Å². The Morgan fingerprint density at radius 3 is 2.62 bits per heavy atom. The summed E-state index contributed by atoms with van der Waals surface area (Å²) in [5.41, 5.74) is 0.373. The smallest absolute Gasteiger partial charge is 0.416 e. The number of carbonyl (C=O) groups excluding carboxylic acids is 1. The average molecular weight is 577 g/mol. The third kappa shape index (κ3) is 6.34. The number of thiazole rings is 1. The molecule has 0 unspecified atom stereocenters. The highest BCUT2D eigenvalue weighted by atomic mass is 32.1. The van der Waals surface area contributed by atoms with Gasteiger partial charge in [0, 0.05) is 52.0 Å². The fraction of sp³-hybridized carbons (Fsp3) is 0.429. The number of aromatic nitrogens is 1. The number of hydrogen-bond donors (Lipinski definition) is 3. The van der Waals surface area contributed by atoms with Crippen LogP contribution in [-0.4, -0.2) is 65.6 Å². The SMILES string of the molecule is O=C(NC[C@H](O)CO)c1cnc(N2CCC3(CC2)CCN(Cc2cccc(C(F)(F)F)c2)c2ccccc2O3)s1. The maximum atomic E-state index is 13.3. The van der Waals surface area contributed by atoms with Gasteiger partial charge in [0.15, 0.2) is 5.13 Å².